The quantitative estimate of drug-likeness (QED) is 0.518. The zero-order valence-electron chi connectivity index (χ0n) is 16.8. The molecular formula is C22H22N4O3. The molecule has 7 nitrogen and oxygen atoms in total. The van der Waals surface area contributed by atoms with Gasteiger partial charge in [0.2, 0.25) is 11.7 Å². The number of anilines is 1. The van der Waals surface area contributed by atoms with Crippen LogP contribution in [0.2, 0.25) is 0 Å². The molecule has 29 heavy (non-hydrogen) atoms. The van der Waals surface area contributed by atoms with Crippen LogP contribution in [-0.2, 0) is 6.54 Å². The van der Waals surface area contributed by atoms with Crippen molar-refractivity contribution in [1.82, 2.24) is 15.1 Å². The Bertz CT molecular complexity index is 1170. The second-order valence-corrected chi connectivity index (χ2v) is 6.75. The molecule has 0 radical (unpaired) electrons. The van der Waals surface area contributed by atoms with Gasteiger partial charge in [0.05, 0.1) is 25.3 Å². The molecule has 0 unspecified atom stereocenters. The molecular weight excluding hydrogens is 368 g/mol. The van der Waals surface area contributed by atoms with Gasteiger partial charge in [-0.3, -0.25) is 0 Å². The summed E-state index contributed by atoms with van der Waals surface area (Å²) in [6, 6.07) is 13.9. The third-order valence-electron chi connectivity index (χ3n) is 4.68. The second kappa shape index (κ2) is 7.79. The summed E-state index contributed by atoms with van der Waals surface area (Å²) in [7, 11) is 3.27. The predicted molar refractivity (Wildman–Crippen MR) is 111 cm³/mol. The van der Waals surface area contributed by atoms with Gasteiger partial charge >= 0.3 is 0 Å². The summed E-state index contributed by atoms with van der Waals surface area (Å²) >= 11 is 0. The molecule has 4 aromatic rings. The van der Waals surface area contributed by atoms with Crippen LogP contribution < -0.4 is 14.8 Å². The fourth-order valence-electron chi connectivity index (χ4n) is 3.19. The standard InChI is InChI=1S/C22H22N4O3/c1-13-5-8-19-16(9-13)10-18(22-24-14(2)29-26-22)21(25-19)23-12-15-6-7-17(27-3)11-20(15)28-4/h5-11H,12H2,1-4H3,(H,23,25). The third kappa shape index (κ3) is 3.85. The van der Waals surface area contributed by atoms with Crippen molar-refractivity contribution >= 4 is 16.7 Å². The van der Waals surface area contributed by atoms with Crippen molar-refractivity contribution in [2.24, 2.45) is 0 Å². The topological polar surface area (TPSA) is 82.3 Å². The molecule has 0 spiro atoms. The minimum Gasteiger partial charge on any atom is -0.497 e. The van der Waals surface area contributed by atoms with Gasteiger partial charge in [0.1, 0.15) is 17.3 Å². The largest absolute Gasteiger partial charge is 0.497 e. The molecule has 1 N–H and O–H groups in total. The van der Waals surface area contributed by atoms with Gasteiger partial charge in [0.15, 0.2) is 0 Å². The molecule has 2 aromatic carbocycles. The zero-order chi connectivity index (χ0) is 20.4. The summed E-state index contributed by atoms with van der Waals surface area (Å²) in [5, 5.41) is 8.51. The first-order chi connectivity index (χ1) is 14.1. The molecule has 0 saturated carbocycles. The van der Waals surface area contributed by atoms with Crippen molar-refractivity contribution in [3.8, 4) is 22.9 Å². The third-order valence-corrected chi connectivity index (χ3v) is 4.68. The van der Waals surface area contributed by atoms with E-state index in [2.05, 4.69) is 28.4 Å². The molecule has 0 bridgehead atoms. The van der Waals surface area contributed by atoms with Crippen LogP contribution in [0, 0.1) is 13.8 Å². The van der Waals surface area contributed by atoms with Crippen LogP contribution in [0.3, 0.4) is 0 Å². The smallest absolute Gasteiger partial charge is 0.223 e. The van der Waals surface area contributed by atoms with E-state index >= 15 is 0 Å². The Morgan fingerprint density at radius 1 is 0.966 bits per heavy atom. The molecule has 0 aliphatic rings. The van der Waals surface area contributed by atoms with Crippen molar-refractivity contribution in [1.29, 1.82) is 0 Å². The molecule has 7 heteroatoms. The number of aryl methyl sites for hydroxylation is 2. The Kier molecular flexibility index (Phi) is 5.03. The molecule has 148 valence electrons. The molecule has 2 aromatic heterocycles. The zero-order valence-corrected chi connectivity index (χ0v) is 16.8. The lowest BCUT2D eigenvalue weighted by atomic mass is 10.1. The predicted octanol–water partition coefficient (Wildman–Crippen LogP) is 4.53. The Morgan fingerprint density at radius 3 is 2.55 bits per heavy atom. The summed E-state index contributed by atoms with van der Waals surface area (Å²) < 4.78 is 16.0. The molecule has 0 amide bonds. The highest BCUT2D eigenvalue weighted by Gasteiger charge is 2.15. The van der Waals surface area contributed by atoms with Gasteiger partial charge in [-0.25, -0.2) is 4.98 Å². The number of ether oxygens (including phenoxy) is 2. The number of methoxy groups -OCH3 is 2. The van der Waals surface area contributed by atoms with Gasteiger partial charge in [-0.2, -0.15) is 4.98 Å². The van der Waals surface area contributed by atoms with E-state index in [1.165, 1.54) is 5.56 Å². The van der Waals surface area contributed by atoms with Gasteiger partial charge in [0.25, 0.3) is 0 Å². The first-order valence-electron chi connectivity index (χ1n) is 9.24. The van der Waals surface area contributed by atoms with Crippen LogP contribution in [0.1, 0.15) is 17.0 Å². The molecule has 0 aliphatic carbocycles. The molecule has 0 atom stereocenters. The van der Waals surface area contributed by atoms with Crippen molar-refractivity contribution < 1.29 is 14.0 Å². The lowest BCUT2D eigenvalue weighted by molar-refractivity contribution is 0.391. The number of pyridine rings is 1. The molecule has 4 rings (SSSR count). The number of rotatable bonds is 6. The fraction of sp³-hybridized carbons (Fsp3) is 0.227. The number of nitrogens with one attached hydrogen (secondary N) is 1. The number of nitrogens with zero attached hydrogens (tertiary/aromatic N) is 3. The van der Waals surface area contributed by atoms with Crippen LogP contribution in [0.15, 0.2) is 47.0 Å². The van der Waals surface area contributed by atoms with Crippen LogP contribution in [0.4, 0.5) is 5.82 Å². The molecule has 0 saturated heterocycles. The van der Waals surface area contributed by atoms with Crippen LogP contribution in [-0.4, -0.2) is 29.3 Å². The first kappa shape index (κ1) is 18.7. The highest BCUT2D eigenvalue weighted by molar-refractivity contribution is 5.88. The summed E-state index contributed by atoms with van der Waals surface area (Å²) in [6.07, 6.45) is 0. The van der Waals surface area contributed by atoms with Gasteiger partial charge in [-0.15, -0.1) is 0 Å². The average Bonchev–Trinajstić information content (AvgIpc) is 3.17. The average molecular weight is 390 g/mol. The maximum absolute atomic E-state index is 5.50. The Hall–Kier alpha value is -3.61. The molecule has 2 heterocycles. The van der Waals surface area contributed by atoms with Crippen LogP contribution in [0.5, 0.6) is 11.5 Å². The van der Waals surface area contributed by atoms with Crippen molar-refractivity contribution in [2.75, 3.05) is 19.5 Å². The van der Waals surface area contributed by atoms with E-state index < -0.39 is 0 Å². The highest BCUT2D eigenvalue weighted by atomic mass is 16.5. The van der Waals surface area contributed by atoms with E-state index in [0.717, 1.165) is 33.5 Å². The normalized spacial score (nSPS) is 10.9. The van der Waals surface area contributed by atoms with Crippen LogP contribution >= 0.6 is 0 Å². The van der Waals surface area contributed by atoms with E-state index in [4.69, 9.17) is 19.0 Å². The monoisotopic (exact) mass is 390 g/mol. The number of benzene rings is 2. The van der Waals surface area contributed by atoms with Gasteiger partial charge in [0, 0.05) is 30.5 Å². The van der Waals surface area contributed by atoms with Gasteiger partial charge < -0.3 is 19.3 Å². The number of fused-ring (bicyclic) bond motifs is 1. The first-order valence-corrected chi connectivity index (χ1v) is 9.24. The SMILES string of the molecule is COc1ccc(CNc2nc3ccc(C)cc3cc2-c2noc(C)n2)c(OC)c1. The Labute approximate surface area is 168 Å². The maximum atomic E-state index is 5.50. The number of aromatic nitrogens is 3. The fourth-order valence-corrected chi connectivity index (χ4v) is 3.19. The van der Waals surface area contributed by atoms with Crippen molar-refractivity contribution in [3.05, 3.63) is 59.5 Å². The summed E-state index contributed by atoms with van der Waals surface area (Å²) in [4.78, 5) is 9.19. The second-order valence-electron chi connectivity index (χ2n) is 6.75. The van der Waals surface area contributed by atoms with Crippen LogP contribution in [0.25, 0.3) is 22.3 Å². The summed E-state index contributed by atoms with van der Waals surface area (Å²) in [5.41, 5.74) is 3.82. The summed E-state index contributed by atoms with van der Waals surface area (Å²) in [6.45, 7) is 4.34. The van der Waals surface area contributed by atoms with E-state index in [9.17, 15) is 0 Å². The van der Waals surface area contributed by atoms with E-state index in [-0.39, 0.29) is 0 Å². The van der Waals surface area contributed by atoms with E-state index in [0.29, 0.717) is 24.1 Å². The van der Waals surface area contributed by atoms with Crippen molar-refractivity contribution in [2.45, 2.75) is 20.4 Å². The Morgan fingerprint density at radius 2 is 1.83 bits per heavy atom. The van der Waals surface area contributed by atoms with Crippen molar-refractivity contribution in [3.63, 3.8) is 0 Å². The van der Waals surface area contributed by atoms with E-state index in [1.54, 1.807) is 21.1 Å². The van der Waals surface area contributed by atoms with E-state index in [1.807, 2.05) is 36.4 Å². The summed E-state index contributed by atoms with van der Waals surface area (Å²) in [5.74, 6) is 3.17. The lowest BCUT2D eigenvalue weighted by Crippen LogP contribution is -2.05. The minimum absolute atomic E-state index is 0.502. The van der Waals surface area contributed by atoms with Gasteiger partial charge in [-0.05, 0) is 37.3 Å². The molecule has 0 aliphatic heterocycles. The number of hydrogen-bond donors (Lipinski definition) is 1. The minimum atomic E-state index is 0.502. The van der Waals surface area contributed by atoms with Gasteiger partial charge in [-0.1, -0.05) is 16.8 Å². The Balaban J connectivity index is 1.73. The number of hydrogen-bond acceptors (Lipinski definition) is 7. The highest BCUT2D eigenvalue weighted by Crippen LogP contribution is 2.30. The lowest BCUT2D eigenvalue weighted by Gasteiger charge is -2.14. The molecule has 0 fully saturated rings. The maximum Gasteiger partial charge on any atom is 0.223 e.